The highest BCUT2D eigenvalue weighted by atomic mass is 16.7. The van der Waals surface area contributed by atoms with Crippen molar-refractivity contribution in [1.82, 2.24) is 0 Å². The van der Waals surface area contributed by atoms with Gasteiger partial charge in [0.2, 0.25) is 6.29 Å². The van der Waals surface area contributed by atoms with E-state index in [-0.39, 0.29) is 24.0 Å². The van der Waals surface area contributed by atoms with Gasteiger partial charge < -0.3 is 53.6 Å². The predicted octanol–water partition coefficient (Wildman–Crippen LogP) is 0.966. The predicted molar refractivity (Wildman–Crippen MR) is 131 cm³/mol. The molecule has 3 saturated heterocycles. The summed E-state index contributed by atoms with van der Waals surface area (Å²) in [7, 11) is 4.75. The molecule has 0 amide bonds. The van der Waals surface area contributed by atoms with E-state index in [2.05, 4.69) is 0 Å². The molecule has 9 atom stereocenters. The van der Waals surface area contributed by atoms with E-state index in [1.807, 2.05) is 24.3 Å². The van der Waals surface area contributed by atoms with Crippen molar-refractivity contribution < 1.29 is 53.6 Å². The number of aliphatic hydroxyl groups is 4. The molecule has 2 aromatic rings. The molecule has 3 heterocycles. The smallest absolute Gasteiger partial charge is 0.229 e. The molecule has 3 aliphatic rings. The molecule has 38 heavy (non-hydrogen) atoms. The van der Waals surface area contributed by atoms with Crippen LogP contribution in [0.25, 0.3) is 0 Å². The molecule has 11 heteroatoms. The summed E-state index contributed by atoms with van der Waals surface area (Å²) in [6.45, 7) is 0.488. The molecule has 0 unspecified atom stereocenters. The maximum absolute atomic E-state index is 10.3. The second-order valence-corrected chi connectivity index (χ2v) is 9.67. The van der Waals surface area contributed by atoms with E-state index in [9.17, 15) is 20.4 Å². The van der Waals surface area contributed by atoms with Gasteiger partial charge in [-0.05, 0) is 29.8 Å². The van der Waals surface area contributed by atoms with Crippen molar-refractivity contribution in [3.8, 4) is 23.0 Å². The molecule has 3 fully saturated rings. The van der Waals surface area contributed by atoms with Crippen molar-refractivity contribution in [2.24, 2.45) is 11.8 Å². The van der Waals surface area contributed by atoms with Crippen LogP contribution < -0.4 is 18.9 Å². The lowest BCUT2D eigenvalue weighted by molar-refractivity contribution is -0.277. The largest absolute Gasteiger partial charge is 0.496 e. The third-order valence-electron chi connectivity index (χ3n) is 7.61. The van der Waals surface area contributed by atoms with Gasteiger partial charge >= 0.3 is 0 Å². The summed E-state index contributed by atoms with van der Waals surface area (Å²) in [5.74, 6) is 2.36. The molecule has 0 aliphatic carbocycles. The second-order valence-electron chi connectivity index (χ2n) is 9.67. The Kier molecular flexibility index (Phi) is 7.96. The Morgan fingerprint density at radius 1 is 0.763 bits per heavy atom. The highest BCUT2D eigenvalue weighted by Crippen LogP contribution is 2.52. The minimum Gasteiger partial charge on any atom is -0.496 e. The van der Waals surface area contributed by atoms with Crippen molar-refractivity contribution in [1.29, 1.82) is 0 Å². The third kappa shape index (κ3) is 4.79. The first-order chi connectivity index (χ1) is 18.4. The van der Waals surface area contributed by atoms with Gasteiger partial charge in [-0.1, -0.05) is 6.07 Å². The fourth-order valence-electron chi connectivity index (χ4n) is 5.54. The number of fused-ring (bicyclic) bond motifs is 1. The lowest BCUT2D eigenvalue weighted by Gasteiger charge is -2.39. The SMILES string of the molecule is COc1ccc([C@@H]2OC[C@@H]3[C@@H]2CO[C@@H]3c2ccc(O[C@H]3O[C@@H](CO)[C@H](O)[C@@H](O)[C@@H]3O)cc2OC)cc1OC. The molecule has 2 aromatic carbocycles. The summed E-state index contributed by atoms with van der Waals surface area (Å²) in [5.41, 5.74) is 1.83. The quantitative estimate of drug-likeness (QED) is 0.384. The Morgan fingerprint density at radius 3 is 2.13 bits per heavy atom. The number of benzene rings is 2. The normalized spacial score (nSPS) is 34.6. The van der Waals surface area contributed by atoms with E-state index in [0.717, 1.165) is 11.1 Å². The zero-order valence-electron chi connectivity index (χ0n) is 21.4. The zero-order valence-corrected chi connectivity index (χ0v) is 21.4. The van der Waals surface area contributed by atoms with Gasteiger partial charge in [-0.3, -0.25) is 0 Å². The van der Waals surface area contributed by atoms with Crippen LogP contribution in [0.1, 0.15) is 23.3 Å². The lowest BCUT2D eigenvalue weighted by Crippen LogP contribution is -2.60. The first kappa shape index (κ1) is 26.9. The second kappa shape index (κ2) is 11.2. The van der Waals surface area contributed by atoms with Crippen LogP contribution in [0.2, 0.25) is 0 Å². The Hall–Kier alpha value is -2.64. The standard InChI is InChI=1S/C27H34O11/c1-32-18-7-4-13(8-20(18)34-3)25-16-11-36-26(17(16)12-35-25)15-6-5-14(9-19(15)33-2)37-27-24(31)23(30)22(29)21(10-28)38-27/h4-9,16-17,21-31H,10-12H2,1-3H3/t16-,17+,21-,22-,23+,24-,25-,26+,27-/m0/s1. The van der Waals surface area contributed by atoms with E-state index in [1.54, 1.807) is 33.5 Å². The van der Waals surface area contributed by atoms with E-state index in [1.165, 1.54) is 0 Å². The summed E-state index contributed by atoms with van der Waals surface area (Å²) >= 11 is 0. The van der Waals surface area contributed by atoms with Crippen molar-refractivity contribution in [2.75, 3.05) is 41.2 Å². The molecule has 4 N–H and O–H groups in total. The van der Waals surface area contributed by atoms with E-state index in [4.69, 9.17) is 33.2 Å². The van der Waals surface area contributed by atoms with Crippen molar-refractivity contribution in [3.05, 3.63) is 47.5 Å². The Balaban J connectivity index is 1.32. The summed E-state index contributed by atoms with van der Waals surface area (Å²) < 4.78 is 40.2. The van der Waals surface area contributed by atoms with Gasteiger partial charge in [-0.15, -0.1) is 0 Å². The molecule has 0 aromatic heterocycles. The van der Waals surface area contributed by atoms with Gasteiger partial charge in [0.25, 0.3) is 0 Å². The molecule has 208 valence electrons. The maximum atomic E-state index is 10.3. The van der Waals surface area contributed by atoms with Gasteiger partial charge in [-0.25, -0.2) is 0 Å². The van der Waals surface area contributed by atoms with Crippen LogP contribution in [-0.4, -0.2) is 92.3 Å². The number of ether oxygens (including phenoxy) is 7. The van der Waals surface area contributed by atoms with E-state index in [0.29, 0.717) is 36.2 Å². The van der Waals surface area contributed by atoms with Gasteiger partial charge in [0.05, 0.1) is 53.4 Å². The van der Waals surface area contributed by atoms with Crippen LogP contribution in [0, 0.1) is 11.8 Å². The van der Waals surface area contributed by atoms with Crippen LogP contribution in [0.15, 0.2) is 36.4 Å². The third-order valence-corrected chi connectivity index (χ3v) is 7.61. The molecule has 3 aliphatic heterocycles. The fraction of sp³-hybridized carbons (Fsp3) is 0.556. The monoisotopic (exact) mass is 534 g/mol. The highest BCUT2D eigenvalue weighted by Gasteiger charge is 2.49. The van der Waals surface area contributed by atoms with Crippen LogP contribution in [0.5, 0.6) is 23.0 Å². The molecular weight excluding hydrogens is 500 g/mol. The minimum absolute atomic E-state index is 0.0965. The summed E-state index contributed by atoms with van der Waals surface area (Å²) in [4.78, 5) is 0. The topological polar surface area (TPSA) is 146 Å². The van der Waals surface area contributed by atoms with Gasteiger partial charge in [-0.2, -0.15) is 0 Å². The lowest BCUT2D eigenvalue weighted by atomic mass is 9.84. The molecule has 5 rings (SSSR count). The Labute approximate surface area is 220 Å². The average Bonchev–Trinajstić information content (AvgIpc) is 3.55. The molecular formula is C27H34O11. The van der Waals surface area contributed by atoms with Gasteiger partial charge in [0, 0.05) is 23.5 Å². The van der Waals surface area contributed by atoms with Gasteiger partial charge in [0.1, 0.15) is 35.9 Å². The van der Waals surface area contributed by atoms with Crippen LogP contribution in [0.4, 0.5) is 0 Å². The molecule has 0 spiro atoms. The summed E-state index contributed by atoms with van der Waals surface area (Å²) in [6.07, 6.45) is -7.27. The highest BCUT2D eigenvalue weighted by molar-refractivity contribution is 5.45. The number of hydrogen-bond donors (Lipinski definition) is 4. The number of aliphatic hydroxyl groups excluding tert-OH is 4. The average molecular weight is 535 g/mol. The first-order valence-corrected chi connectivity index (χ1v) is 12.5. The van der Waals surface area contributed by atoms with Crippen LogP contribution in [-0.2, 0) is 14.2 Å². The van der Waals surface area contributed by atoms with Gasteiger partial charge in [0.15, 0.2) is 11.5 Å². The molecule has 0 bridgehead atoms. The van der Waals surface area contributed by atoms with Crippen LogP contribution in [0.3, 0.4) is 0 Å². The zero-order chi connectivity index (χ0) is 27.0. The van der Waals surface area contributed by atoms with E-state index < -0.39 is 37.3 Å². The van der Waals surface area contributed by atoms with E-state index >= 15 is 0 Å². The number of methoxy groups -OCH3 is 3. The fourth-order valence-corrected chi connectivity index (χ4v) is 5.54. The minimum atomic E-state index is -1.53. The molecule has 11 nitrogen and oxygen atoms in total. The Morgan fingerprint density at radius 2 is 1.45 bits per heavy atom. The van der Waals surface area contributed by atoms with Crippen molar-refractivity contribution in [2.45, 2.75) is 42.9 Å². The van der Waals surface area contributed by atoms with Crippen molar-refractivity contribution >= 4 is 0 Å². The van der Waals surface area contributed by atoms with Crippen molar-refractivity contribution in [3.63, 3.8) is 0 Å². The summed E-state index contributed by atoms with van der Waals surface area (Å²) in [5, 5.41) is 39.7. The maximum Gasteiger partial charge on any atom is 0.229 e. The van der Waals surface area contributed by atoms with Crippen LogP contribution >= 0.6 is 0 Å². The first-order valence-electron chi connectivity index (χ1n) is 12.5. The number of rotatable bonds is 8. The summed E-state index contributed by atoms with van der Waals surface area (Å²) in [6, 6.07) is 11.0. The number of hydrogen-bond acceptors (Lipinski definition) is 11. The molecule has 0 radical (unpaired) electrons. The molecule has 0 saturated carbocycles. The Bertz CT molecular complexity index is 1110.